The third-order valence-electron chi connectivity index (χ3n) is 10.4. The molecule has 0 amide bonds. The minimum absolute atomic E-state index is 0. The van der Waals surface area contributed by atoms with E-state index in [1.54, 1.807) is 11.3 Å². The number of hydrogen-bond donors (Lipinski definition) is 1. The smallest absolute Gasteiger partial charge is 0.394 e. The van der Waals surface area contributed by atoms with Crippen LogP contribution in [0.4, 0.5) is 13.2 Å². The van der Waals surface area contributed by atoms with Crippen LogP contribution in [-0.4, -0.2) is 17.1 Å². The molecule has 3 aromatic carbocycles. The zero-order valence-electron chi connectivity index (χ0n) is 32.6. The summed E-state index contributed by atoms with van der Waals surface area (Å²) in [5.74, 6) is 0.547. The first-order chi connectivity index (χ1) is 24.3. The average Bonchev–Trinajstić information content (AvgIpc) is 3.43. The molecule has 1 N–H and O–H groups in total. The number of halogens is 3. The summed E-state index contributed by atoms with van der Waals surface area (Å²) in [6.07, 6.45) is 2.53. The maximum absolute atomic E-state index is 13.5. The molecule has 0 fully saturated rings. The summed E-state index contributed by atoms with van der Waals surface area (Å²) in [6, 6.07) is 18.3. The van der Waals surface area contributed by atoms with Gasteiger partial charge in [-0.2, -0.15) is 25.7 Å². The number of carbonyl (C=O) groups excluding carboxylic acids is 1. The van der Waals surface area contributed by atoms with E-state index in [0.29, 0.717) is 5.56 Å². The van der Waals surface area contributed by atoms with Crippen LogP contribution in [0.25, 0.3) is 42.2 Å². The van der Waals surface area contributed by atoms with Crippen molar-refractivity contribution in [2.75, 3.05) is 0 Å². The first kappa shape index (κ1) is 44.1. The molecule has 3 nitrogen and oxygen atoms in total. The molecule has 289 valence electrons. The van der Waals surface area contributed by atoms with Gasteiger partial charge in [-0.3, -0.25) is 4.79 Å². The van der Waals surface area contributed by atoms with Gasteiger partial charge in [0.25, 0.3) is 0 Å². The van der Waals surface area contributed by atoms with E-state index in [9.17, 15) is 23.1 Å². The molecule has 8 heteroatoms. The maximum atomic E-state index is 13.5. The Bertz CT molecular complexity index is 2080. The van der Waals surface area contributed by atoms with Crippen molar-refractivity contribution >= 4 is 48.1 Å². The van der Waals surface area contributed by atoms with Crippen LogP contribution in [0.15, 0.2) is 72.6 Å². The van der Waals surface area contributed by atoms with Crippen LogP contribution < -0.4 is 4.57 Å². The number of rotatable bonds is 10. The van der Waals surface area contributed by atoms with E-state index >= 15 is 0 Å². The molecule has 5 aromatic rings. The average molecular weight is 923 g/mol. The Morgan fingerprint density at radius 1 is 0.849 bits per heavy atom. The molecule has 1 radical (unpaired) electrons. The Hall–Kier alpha value is -3.32. The number of hydrogen-bond acceptors (Lipinski definition) is 3. The van der Waals surface area contributed by atoms with Crippen LogP contribution in [0.5, 0.6) is 0 Å². The second-order valence-electron chi connectivity index (χ2n) is 15.6. The van der Waals surface area contributed by atoms with E-state index in [1.165, 1.54) is 30.9 Å². The van der Waals surface area contributed by atoms with Gasteiger partial charge in [0, 0.05) is 54.5 Å². The quantitative estimate of drug-likeness (QED) is 0.0656. The summed E-state index contributed by atoms with van der Waals surface area (Å²) in [4.78, 5) is 11.7. The Labute approximate surface area is 332 Å². The van der Waals surface area contributed by atoms with Crippen molar-refractivity contribution in [3.05, 3.63) is 103 Å². The molecule has 2 aromatic heterocycles. The molecule has 0 aliphatic heterocycles. The fourth-order valence-corrected chi connectivity index (χ4v) is 8.25. The van der Waals surface area contributed by atoms with Crippen LogP contribution in [-0.2, 0) is 36.7 Å². The number of thiophene rings is 1. The largest absolute Gasteiger partial charge is 0.512 e. The van der Waals surface area contributed by atoms with Gasteiger partial charge in [0.05, 0.1) is 23.1 Å². The number of aliphatic hydroxyl groups excluding tert-OH is 1. The molecule has 0 aliphatic carbocycles. The van der Waals surface area contributed by atoms with Crippen LogP contribution >= 0.6 is 11.3 Å². The van der Waals surface area contributed by atoms with Crippen molar-refractivity contribution in [3.63, 3.8) is 0 Å². The van der Waals surface area contributed by atoms with Gasteiger partial charge < -0.3 is 9.67 Å². The Kier molecular flexibility index (Phi) is 14.5. The van der Waals surface area contributed by atoms with Gasteiger partial charge in [-0.25, -0.2) is 0 Å². The molecule has 0 aliphatic rings. The van der Waals surface area contributed by atoms with Gasteiger partial charge in [0.15, 0.2) is 5.78 Å². The van der Waals surface area contributed by atoms with Crippen LogP contribution in [0.3, 0.4) is 0 Å². The van der Waals surface area contributed by atoms with E-state index in [0.717, 1.165) is 68.1 Å². The fraction of sp³-hybridized carbons (Fsp3) is 0.422. The zero-order valence-corrected chi connectivity index (χ0v) is 35.8. The molecule has 2 heterocycles. The standard InChI is InChI=1S/C32H31F3NS.C13H24O2.Ir/c1-19-21-10-8-9-11-22(21)26(30(2,3)4)17-25(19)28-29-24(14-15-36(28)7)23-13-12-20(16-27(23)37-29)18-31(5,6)32(33,34)35;1-5-10(6-2)12(14)9-13(15)11(7-3)8-4;/h8-17H,1,7,18H2,2-6H3;9-11,14H,5-8H2,1-4H3;/q-1;;/b;12-9-;. The molecule has 0 saturated heterocycles. The summed E-state index contributed by atoms with van der Waals surface area (Å²) in [7, 11) is 4.29. The zero-order chi connectivity index (χ0) is 38.8. The van der Waals surface area contributed by atoms with Gasteiger partial charge in [-0.1, -0.05) is 104 Å². The Morgan fingerprint density at radius 3 is 1.98 bits per heavy atom. The number of carbonyl (C=O) groups is 1. The number of fused-ring (bicyclic) bond motifs is 4. The number of aliphatic hydroxyl groups is 1. The number of pyridine rings is 1. The van der Waals surface area contributed by atoms with Crippen molar-refractivity contribution in [1.29, 1.82) is 0 Å². The van der Waals surface area contributed by atoms with Crippen molar-refractivity contribution in [2.45, 2.75) is 106 Å². The molecule has 0 bridgehead atoms. The first-order valence-corrected chi connectivity index (χ1v) is 19.2. The van der Waals surface area contributed by atoms with Crippen molar-refractivity contribution in [3.8, 4) is 11.3 Å². The van der Waals surface area contributed by atoms with Crippen LogP contribution in [0.1, 0.15) is 105 Å². The van der Waals surface area contributed by atoms with E-state index in [1.807, 2.05) is 68.8 Å². The first-order valence-electron chi connectivity index (χ1n) is 18.4. The summed E-state index contributed by atoms with van der Waals surface area (Å²) in [6.45, 7) is 21.7. The van der Waals surface area contributed by atoms with Gasteiger partial charge in [-0.05, 0) is 66.0 Å². The number of nitrogens with zero attached hydrogens (tertiary/aromatic N) is 1. The predicted octanol–water partition coefficient (Wildman–Crippen LogP) is 13.3. The minimum atomic E-state index is -4.26. The molecule has 0 atom stereocenters. The molecule has 53 heavy (non-hydrogen) atoms. The molecular weight excluding hydrogens is 868 g/mol. The Morgan fingerprint density at radius 2 is 1.43 bits per heavy atom. The second-order valence-corrected chi connectivity index (χ2v) is 16.7. The molecule has 0 unspecified atom stereocenters. The third kappa shape index (κ3) is 9.50. The summed E-state index contributed by atoms with van der Waals surface area (Å²) < 4.78 is 44.5. The molecular formula is C45H55F3IrNO2S-. The summed E-state index contributed by atoms with van der Waals surface area (Å²) >= 11 is 1.60. The maximum Gasteiger partial charge on any atom is 0.394 e. The van der Waals surface area contributed by atoms with Gasteiger partial charge >= 0.3 is 6.18 Å². The number of ketones is 1. The van der Waals surface area contributed by atoms with Gasteiger partial charge in [0.2, 0.25) is 0 Å². The number of aromatic nitrogens is 1. The number of allylic oxidation sites excluding steroid dienone is 2. The minimum Gasteiger partial charge on any atom is -0.512 e. The van der Waals surface area contributed by atoms with Gasteiger partial charge in [0.1, 0.15) is 0 Å². The van der Waals surface area contributed by atoms with Crippen molar-refractivity contribution < 1.29 is 47.7 Å². The van der Waals surface area contributed by atoms with Crippen LogP contribution in [0, 0.1) is 31.2 Å². The van der Waals surface area contributed by atoms with Gasteiger partial charge in [-0.15, -0.1) is 34.4 Å². The van der Waals surface area contributed by atoms with E-state index < -0.39 is 11.6 Å². The summed E-state index contributed by atoms with van der Waals surface area (Å²) in [5, 5.41) is 14.2. The Balaban J connectivity index is 0.000000403. The van der Waals surface area contributed by atoms with Crippen molar-refractivity contribution in [2.24, 2.45) is 17.3 Å². The molecule has 0 spiro atoms. The molecule has 0 saturated carbocycles. The van der Waals surface area contributed by atoms with Crippen molar-refractivity contribution in [1.82, 2.24) is 0 Å². The summed E-state index contributed by atoms with van der Waals surface area (Å²) in [5.41, 5.74) is 2.98. The van der Waals surface area contributed by atoms with E-state index in [-0.39, 0.29) is 55.3 Å². The topological polar surface area (TPSA) is 41.2 Å². The number of alkyl halides is 3. The number of benzene rings is 3. The van der Waals surface area contributed by atoms with Crippen LogP contribution in [0.2, 0.25) is 0 Å². The van der Waals surface area contributed by atoms with E-state index in [2.05, 4.69) is 59.0 Å². The SMILES string of the molecule is CCC(CC)C(=O)/C=C(\O)C(CC)CC.[CH2-]c1c(-c2c3sc4cc(CC(C)(C)C(F)(F)F)ccc4c3cc[n+]2[CH2-])cc(C(C)(C)C)c2ccccc12.[Ir]. The third-order valence-corrected chi connectivity index (χ3v) is 11.6. The monoisotopic (exact) mass is 923 g/mol. The normalized spacial score (nSPS) is 12.8. The van der Waals surface area contributed by atoms with E-state index in [4.69, 9.17) is 0 Å². The second kappa shape index (κ2) is 17.4. The molecule has 5 rings (SSSR count). The predicted molar refractivity (Wildman–Crippen MR) is 214 cm³/mol. The fourth-order valence-electron chi connectivity index (χ4n) is 6.92.